The van der Waals surface area contributed by atoms with Crippen LogP contribution in [0.3, 0.4) is 0 Å². The maximum atomic E-state index is 13.8. The first kappa shape index (κ1) is 20.4. The second kappa shape index (κ2) is 7.96. The van der Waals surface area contributed by atoms with Gasteiger partial charge < -0.3 is 5.32 Å². The summed E-state index contributed by atoms with van der Waals surface area (Å²) in [6.07, 6.45) is 2.34. The number of carbonyl (C=O) groups is 1. The van der Waals surface area contributed by atoms with Crippen LogP contribution in [0.15, 0.2) is 102 Å². The Morgan fingerprint density at radius 2 is 1.62 bits per heavy atom. The molecule has 4 nitrogen and oxygen atoms in total. The Labute approximate surface area is 197 Å². The molecule has 4 aromatic rings. The number of fused-ring (bicyclic) bond motifs is 1. The van der Waals surface area contributed by atoms with E-state index in [0.717, 1.165) is 45.2 Å². The summed E-state index contributed by atoms with van der Waals surface area (Å²) in [5, 5.41) is 8.41. The van der Waals surface area contributed by atoms with E-state index >= 15 is 0 Å². The first-order valence-corrected chi connectivity index (χ1v) is 11.3. The Balaban J connectivity index is 1.54. The maximum absolute atomic E-state index is 13.8. The smallest absolute Gasteiger partial charge is 0.184 e. The van der Waals surface area contributed by atoms with E-state index in [-0.39, 0.29) is 17.5 Å². The summed E-state index contributed by atoms with van der Waals surface area (Å²) in [5.41, 5.74) is 7.15. The van der Waals surface area contributed by atoms with Crippen molar-refractivity contribution >= 4 is 17.2 Å². The number of hydrogen-bond acceptors (Lipinski definition) is 3. The highest BCUT2D eigenvalue weighted by Crippen LogP contribution is 2.48. The molecule has 2 heterocycles. The van der Waals surface area contributed by atoms with E-state index in [2.05, 4.69) is 5.32 Å². The number of hydrogen-bond donors (Lipinski definition) is 1. The van der Waals surface area contributed by atoms with Gasteiger partial charge in [-0.2, -0.15) is 5.10 Å². The molecule has 0 saturated carbocycles. The zero-order valence-electron chi connectivity index (χ0n) is 18.6. The lowest BCUT2D eigenvalue weighted by molar-refractivity contribution is -0.111. The van der Waals surface area contributed by atoms with Gasteiger partial charge >= 0.3 is 0 Å². The number of carbonyl (C=O) groups excluding carboxylic acids is 1. The predicted molar refractivity (Wildman–Crippen MR) is 131 cm³/mol. The lowest BCUT2D eigenvalue weighted by Crippen LogP contribution is -2.26. The van der Waals surface area contributed by atoms with Crippen molar-refractivity contribution in [2.24, 2.45) is 0 Å². The monoisotopic (exact) mass is 447 g/mol. The summed E-state index contributed by atoms with van der Waals surface area (Å²) in [4.78, 5) is 13.6. The highest BCUT2D eigenvalue weighted by Gasteiger charge is 2.39. The lowest BCUT2D eigenvalue weighted by Gasteiger charge is -2.33. The van der Waals surface area contributed by atoms with Crippen LogP contribution in [-0.2, 0) is 4.79 Å². The predicted octanol–water partition coefficient (Wildman–Crippen LogP) is 6.19. The van der Waals surface area contributed by atoms with Crippen LogP contribution in [0, 0.1) is 12.7 Å². The summed E-state index contributed by atoms with van der Waals surface area (Å²) in [6, 6.07) is 26.3. The number of halogens is 1. The number of para-hydroxylation sites is 1. The highest BCUT2D eigenvalue weighted by atomic mass is 19.1. The Hall–Kier alpha value is -4.25. The van der Waals surface area contributed by atoms with Crippen LogP contribution < -0.4 is 5.32 Å². The van der Waals surface area contributed by atoms with Gasteiger partial charge in [0.05, 0.1) is 11.4 Å². The minimum absolute atomic E-state index is 0.0283. The average Bonchev–Trinajstić information content (AvgIpc) is 3.20. The molecular formula is C29H22FN3O. The van der Waals surface area contributed by atoms with Crippen LogP contribution in [0.1, 0.15) is 34.7 Å². The number of aromatic nitrogens is 2. The molecule has 1 N–H and O–H groups in total. The molecule has 0 spiro atoms. The highest BCUT2D eigenvalue weighted by molar-refractivity contribution is 6.13. The molecule has 0 radical (unpaired) electrons. The molecule has 1 aliphatic carbocycles. The van der Waals surface area contributed by atoms with E-state index in [1.807, 2.05) is 72.3 Å². The van der Waals surface area contributed by atoms with Crippen LogP contribution in [0.2, 0.25) is 0 Å². The number of nitrogens with one attached hydrogen (secondary N) is 1. The van der Waals surface area contributed by atoms with Crippen molar-refractivity contribution in [3.63, 3.8) is 0 Å². The van der Waals surface area contributed by atoms with Gasteiger partial charge in [0, 0.05) is 29.2 Å². The molecule has 5 heteroatoms. The molecule has 1 aliphatic heterocycles. The number of rotatable bonds is 3. The number of aryl methyl sites for hydroxylation is 1. The fourth-order valence-electron chi connectivity index (χ4n) is 5.02. The molecule has 0 saturated heterocycles. The van der Waals surface area contributed by atoms with Gasteiger partial charge in [-0.3, -0.25) is 4.79 Å². The molecule has 0 unspecified atom stereocenters. The van der Waals surface area contributed by atoms with Gasteiger partial charge in [-0.05, 0) is 54.0 Å². The second-order valence-corrected chi connectivity index (χ2v) is 8.67. The third-order valence-corrected chi connectivity index (χ3v) is 6.57. The third kappa shape index (κ3) is 3.28. The summed E-state index contributed by atoms with van der Waals surface area (Å²) in [5.74, 6) is 0.189. The van der Waals surface area contributed by atoms with Crippen LogP contribution in [0.25, 0.3) is 11.3 Å². The largest absolute Gasteiger partial charge is 0.343 e. The number of anilines is 1. The summed E-state index contributed by atoms with van der Waals surface area (Å²) in [6.45, 7) is 1.96. The second-order valence-electron chi connectivity index (χ2n) is 8.67. The van der Waals surface area contributed by atoms with Crippen LogP contribution in [-0.4, -0.2) is 15.6 Å². The first-order chi connectivity index (χ1) is 16.6. The fourth-order valence-corrected chi connectivity index (χ4v) is 5.02. The zero-order chi connectivity index (χ0) is 23.2. The van der Waals surface area contributed by atoms with Crippen molar-refractivity contribution in [3.8, 4) is 5.69 Å². The van der Waals surface area contributed by atoms with E-state index < -0.39 is 0 Å². The number of benzene rings is 3. The van der Waals surface area contributed by atoms with Gasteiger partial charge in [-0.1, -0.05) is 60.7 Å². The van der Waals surface area contributed by atoms with Gasteiger partial charge in [0.15, 0.2) is 5.78 Å². The van der Waals surface area contributed by atoms with E-state index in [9.17, 15) is 9.18 Å². The third-order valence-electron chi connectivity index (χ3n) is 6.57. The Kier molecular flexibility index (Phi) is 4.77. The van der Waals surface area contributed by atoms with Crippen molar-refractivity contribution in [1.29, 1.82) is 0 Å². The molecule has 166 valence electrons. The lowest BCUT2D eigenvalue weighted by atomic mass is 9.76. The Morgan fingerprint density at radius 1 is 0.941 bits per heavy atom. The van der Waals surface area contributed by atoms with Gasteiger partial charge in [0.1, 0.15) is 11.6 Å². The van der Waals surface area contributed by atoms with E-state index in [1.54, 1.807) is 18.2 Å². The Bertz CT molecular complexity index is 1470. The van der Waals surface area contributed by atoms with Gasteiger partial charge in [-0.15, -0.1) is 0 Å². The van der Waals surface area contributed by atoms with Gasteiger partial charge in [-0.25, -0.2) is 9.07 Å². The Morgan fingerprint density at radius 3 is 2.32 bits per heavy atom. The number of ketones is 1. The van der Waals surface area contributed by atoms with E-state index in [0.29, 0.717) is 12.0 Å². The van der Waals surface area contributed by atoms with E-state index in [1.165, 1.54) is 12.1 Å². The van der Waals surface area contributed by atoms with Crippen molar-refractivity contribution < 1.29 is 9.18 Å². The fraction of sp³-hybridized carbons (Fsp3) is 0.103. The standard InChI is InChI=1S/C29H22FN3O/c1-18-26-27(20-12-14-22(30)15-13-20)28-24(16-21(17-25(28)34)19-8-4-2-5-9-19)31-29(26)33(32-18)23-10-6-3-7-11-23/h2-15,17,27,31H,16H2,1H3/t27-/m0/s1. The summed E-state index contributed by atoms with van der Waals surface area (Å²) in [7, 11) is 0. The SMILES string of the molecule is Cc1nn(-c2ccccc2)c2c1[C@H](c1ccc(F)cc1)C1=C(CC(c3ccccc3)=CC1=O)N2. The molecule has 6 rings (SSSR count). The number of nitrogens with zero attached hydrogens (tertiary/aromatic N) is 2. The van der Waals surface area contributed by atoms with Crippen molar-refractivity contribution in [3.05, 3.63) is 130 Å². The van der Waals surface area contributed by atoms with E-state index in [4.69, 9.17) is 5.10 Å². The molecule has 0 fully saturated rings. The van der Waals surface area contributed by atoms with Crippen LogP contribution in [0.4, 0.5) is 10.2 Å². The molecule has 1 aromatic heterocycles. The molecule has 0 bridgehead atoms. The van der Waals surface area contributed by atoms with Crippen molar-refractivity contribution in [2.45, 2.75) is 19.3 Å². The quantitative estimate of drug-likeness (QED) is 0.407. The molecular weight excluding hydrogens is 425 g/mol. The topological polar surface area (TPSA) is 46.9 Å². The van der Waals surface area contributed by atoms with Crippen molar-refractivity contribution in [1.82, 2.24) is 9.78 Å². The molecule has 1 atom stereocenters. The molecule has 0 amide bonds. The molecule has 34 heavy (non-hydrogen) atoms. The van der Waals surface area contributed by atoms with Crippen molar-refractivity contribution in [2.75, 3.05) is 5.32 Å². The van der Waals surface area contributed by atoms with Gasteiger partial charge in [0.2, 0.25) is 0 Å². The minimum atomic E-state index is -0.328. The minimum Gasteiger partial charge on any atom is -0.343 e. The first-order valence-electron chi connectivity index (χ1n) is 11.3. The normalized spacial score (nSPS) is 17.1. The summed E-state index contributed by atoms with van der Waals surface area (Å²) < 4.78 is 15.7. The molecule has 2 aliphatic rings. The van der Waals surface area contributed by atoms with Crippen LogP contribution in [0.5, 0.6) is 0 Å². The maximum Gasteiger partial charge on any atom is 0.184 e. The summed E-state index contributed by atoms with van der Waals surface area (Å²) >= 11 is 0. The zero-order valence-corrected chi connectivity index (χ0v) is 18.6. The van der Waals surface area contributed by atoms with Gasteiger partial charge in [0.25, 0.3) is 0 Å². The van der Waals surface area contributed by atoms with Crippen LogP contribution >= 0.6 is 0 Å². The molecule has 3 aromatic carbocycles. The number of allylic oxidation sites excluding steroid dienone is 3. The average molecular weight is 448 g/mol.